The number of carboxylic acid groups (broad SMARTS) is 1. The minimum Gasteiger partial charge on any atom is -0.479 e. The Kier molecular flexibility index (Phi) is 4.71. The van der Waals surface area contributed by atoms with Crippen LogP contribution in [0.2, 0.25) is 0 Å². The van der Waals surface area contributed by atoms with Crippen molar-refractivity contribution < 1.29 is 14.6 Å². The molecule has 1 N–H and O–H groups in total. The molecular formula is C10H15NO3S. The van der Waals surface area contributed by atoms with Gasteiger partial charge in [-0.15, -0.1) is 11.3 Å². The van der Waals surface area contributed by atoms with Crippen molar-refractivity contribution in [1.82, 2.24) is 4.98 Å². The van der Waals surface area contributed by atoms with E-state index in [1.165, 1.54) is 6.92 Å². The van der Waals surface area contributed by atoms with Crippen molar-refractivity contribution in [3.8, 4) is 0 Å². The molecule has 0 radical (unpaired) electrons. The van der Waals surface area contributed by atoms with Crippen LogP contribution < -0.4 is 0 Å². The van der Waals surface area contributed by atoms with E-state index in [0.29, 0.717) is 0 Å². The zero-order chi connectivity index (χ0) is 11.3. The topological polar surface area (TPSA) is 59.4 Å². The van der Waals surface area contributed by atoms with E-state index < -0.39 is 12.1 Å². The second-order valence-electron chi connectivity index (χ2n) is 3.27. The fourth-order valence-corrected chi connectivity index (χ4v) is 1.91. The monoisotopic (exact) mass is 229 g/mol. The summed E-state index contributed by atoms with van der Waals surface area (Å²) in [6.45, 7) is 3.89. The molecule has 0 unspecified atom stereocenters. The van der Waals surface area contributed by atoms with Gasteiger partial charge < -0.3 is 9.84 Å². The molecule has 0 amide bonds. The molecule has 1 rings (SSSR count). The van der Waals surface area contributed by atoms with E-state index >= 15 is 0 Å². The third-order valence-electron chi connectivity index (χ3n) is 1.89. The molecule has 0 fully saturated rings. The molecule has 0 saturated carbocycles. The van der Waals surface area contributed by atoms with E-state index in [0.717, 1.165) is 23.5 Å². The van der Waals surface area contributed by atoms with Crippen LogP contribution in [0.1, 0.15) is 31.0 Å². The molecule has 1 aromatic rings. The van der Waals surface area contributed by atoms with Crippen LogP contribution in [0.3, 0.4) is 0 Å². The Morgan fingerprint density at radius 3 is 3.07 bits per heavy atom. The van der Waals surface area contributed by atoms with Gasteiger partial charge in [0.1, 0.15) is 0 Å². The summed E-state index contributed by atoms with van der Waals surface area (Å²) in [5.74, 6) is -0.945. The van der Waals surface area contributed by atoms with Gasteiger partial charge in [-0.05, 0) is 19.8 Å². The lowest BCUT2D eigenvalue weighted by Crippen LogP contribution is -2.19. The van der Waals surface area contributed by atoms with Gasteiger partial charge in [-0.1, -0.05) is 6.92 Å². The number of aliphatic carboxylic acids is 1. The van der Waals surface area contributed by atoms with Crippen LogP contribution in [-0.4, -0.2) is 22.2 Å². The van der Waals surface area contributed by atoms with E-state index in [9.17, 15) is 4.79 Å². The van der Waals surface area contributed by atoms with Gasteiger partial charge in [0, 0.05) is 5.38 Å². The quantitative estimate of drug-likeness (QED) is 0.811. The van der Waals surface area contributed by atoms with Gasteiger partial charge in [-0.25, -0.2) is 9.78 Å². The molecule has 1 heterocycles. The molecule has 0 bridgehead atoms. The predicted octanol–water partition coefficient (Wildman–Crippen LogP) is 2.09. The number of hydrogen-bond acceptors (Lipinski definition) is 4. The molecule has 0 aliphatic heterocycles. The van der Waals surface area contributed by atoms with Crippen molar-refractivity contribution in [3.05, 3.63) is 16.1 Å². The number of carboxylic acids is 1. The van der Waals surface area contributed by atoms with Crippen LogP contribution in [0.25, 0.3) is 0 Å². The van der Waals surface area contributed by atoms with Crippen molar-refractivity contribution in [2.45, 2.75) is 39.4 Å². The fourth-order valence-electron chi connectivity index (χ4n) is 1.03. The van der Waals surface area contributed by atoms with E-state index in [4.69, 9.17) is 9.84 Å². The zero-order valence-electron chi connectivity index (χ0n) is 8.90. The number of ether oxygens (including phenoxy) is 1. The van der Waals surface area contributed by atoms with E-state index in [1.807, 2.05) is 5.38 Å². The standard InChI is InChI=1S/C10H15NO3S/c1-3-4-9-11-8(6-15-9)5-14-7(2)10(12)13/h6-7H,3-5H2,1-2H3,(H,12,13)/t7-/m0/s1. The first-order chi connectivity index (χ1) is 7.13. The SMILES string of the molecule is CCCc1nc(CO[C@@H](C)C(=O)O)cs1. The Labute approximate surface area is 92.9 Å². The van der Waals surface area contributed by atoms with Gasteiger partial charge in [0.05, 0.1) is 17.3 Å². The first-order valence-corrected chi connectivity index (χ1v) is 5.79. The largest absolute Gasteiger partial charge is 0.479 e. The van der Waals surface area contributed by atoms with E-state index in [2.05, 4.69) is 11.9 Å². The molecule has 84 valence electrons. The third-order valence-corrected chi connectivity index (χ3v) is 2.85. The van der Waals surface area contributed by atoms with Crippen LogP contribution >= 0.6 is 11.3 Å². The Morgan fingerprint density at radius 2 is 2.47 bits per heavy atom. The molecule has 15 heavy (non-hydrogen) atoms. The van der Waals surface area contributed by atoms with Gasteiger partial charge in [0.15, 0.2) is 6.10 Å². The van der Waals surface area contributed by atoms with Gasteiger partial charge in [-0.3, -0.25) is 0 Å². The van der Waals surface area contributed by atoms with Crippen molar-refractivity contribution in [1.29, 1.82) is 0 Å². The summed E-state index contributed by atoms with van der Waals surface area (Å²) in [4.78, 5) is 14.8. The smallest absolute Gasteiger partial charge is 0.332 e. The van der Waals surface area contributed by atoms with Crippen molar-refractivity contribution >= 4 is 17.3 Å². The lowest BCUT2D eigenvalue weighted by atomic mass is 10.3. The number of aromatic nitrogens is 1. The summed E-state index contributed by atoms with van der Waals surface area (Å²) in [7, 11) is 0. The second-order valence-corrected chi connectivity index (χ2v) is 4.22. The molecule has 0 spiro atoms. The summed E-state index contributed by atoms with van der Waals surface area (Å²) < 4.78 is 5.13. The summed E-state index contributed by atoms with van der Waals surface area (Å²) >= 11 is 1.60. The van der Waals surface area contributed by atoms with Gasteiger partial charge in [0.2, 0.25) is 0 Å². The average Bonchev–Trinajstić information content (AvgIpc) is 2.62. The molecule has 1 aromatic heterocycles. The molecule has 0 aromatic carbocycles. The van der Waals surface area contributed by atoms with Gasteiger partial charge in [0.25, 0.3) is 0 Å². The maximum atomic E-state index is 10.5. The number of carbonyl (C=O) groups is 1. The first kappa shape index (κ1) is 12.1. The van der Waals surface area contributed by atoms with E-state index in [1.54, 1.807) is 11.3 Å². The average molecular weight is 229 g/mol. The molecule has 0 saturated heterocycles. The van der Waals surface area contributed by atoms with E-state index in [-0.39, 0.29) is 6.61 Å². The Bertz CT molecular complexity index is 324. The predicted molar refractivity (Wildman–Crippen MR) is 58.0 cm³/mol. The molecule has 0 aliphatic rings. The maximum Gasteiger partial charge on any atom is 0.332 e. The molecule has 5 heteroatoms. The minimum atomic E-state index is -0.945. The lowest BCUT2D eigenvalue weighted by Gasteiger charge is -2.05. The minimum absolute atomic E-state index is 0.272. The number of hydrogen-bond donors (Lipinski definition) is 1. The highest BCUT2D eigenvalue weighted by atomic mass is 32.1. The van der Waals surface area contributed by atoms with Crippen LogP contribution in [0.5, 0.6) is 0 Å². The molecule has 1 atom stereocenters. The highest BCUT2D eigenvalue weighted by molar-refractivity contribution is 7.09. The van der Waals surface area contributed by atoms with Gasteiger partial charge >= 0.3 is 5.97 Å². The van der Waals surface area contributed by atoms with Crippen molar-refractivity contribution in [2.24, 2.45) is 0 Å². The molecular weight excluding hydrogens is 214 g/mol. The van der Waals surface area contributed by atoms with Gasteiger partial charge in [-0.2, -0.15) is 0 Å². The summed E-state index contributed by atoms with van der Waals surface area (Å²) in [6.07, 6.45) is 1.26. The normalized spacial score (nSPS) is 12.7. The highest BCUT2D eigenvalue weighted by Gasteiger charge is 2.11. The van der Waals surface area contributed by atoms with Crippen LogP contribution in [0, 0.1) is 0 Å². The molecule has 0 aliphatic carbocycles. The summed E-state index contributed by atoms with van der Waals surface area (Å²) in [5, 5.41) is 11.6. The zero-order valence-corrected chi connectivity index (χ0v) is 9.71. The number of rotatable bonds is 6. The van der Waals surface area contributed by atoms with Crippen molar-refractivity contribution in [3.63, 3.8) is 0 Å². The van der Waals surface area contributed by atoms with Crippen LogP contribution in [0.4, 0.5) is 0 Å². The summed E-state index contributed by atoms with van der Waals surface area (Å²) in [5.41, 5.74) is 0.816. The first-order valence-electron chi connectivity index (χ1n) is 4.91. The number of aryl methyl sites for hydroxylation is 1. The second kappa shape index (κ2) is 5.82. The number of nitrogens with zero attached hydrogens (tertiary/aromatic N) is 1. The van der Waals surface area contributed by atoms with Crippen LogP contribution in [0.15, 0.2) is 5.38 Å². The van der Waals surface area contributed by atoms with Crippen LogP contribution in [-0.2, 0) is 22.6 Å². The number of thiazole rings is 1. The fraction of sp³-hybridized carbons (Fsp3) is 0.600. The molecule has 4 nitrogen and oxygen atoms in total. The third kappa shape index (κ3) is 3.97. The van der Waals surface area contributed by atoms with Crippen molar-refractivity contribution in [2.75, 3.05) is 0 Å². The summed E-state index contributed by atoms with van der Waals surface area (Å²) in [6, 6.07) is 0. The maximum absolute atomic E-state index is 10.5. The Morgan fingerprint density at radius 1 is 1.73 bits per heavy atom. The Hall–Kier alpha value is -0.940. The Balaban J connectivity index is 2.40. The lowest BCUT2D eigenvalue weighted by molar-refractivity contribution is -0.149. The highest BCUT2D eigenvalue weighted by Crippen LogP contribution is 2.13.